The van der Waals surface area contributed by atoms with E-state index in [1.54, 1.807) is 11.4 Å². The molecule has 0 bridgehead atoms. The molecule has 2 N–H and O–H groups in total. The van der Waals surface area contributed by atoms with Crippen molar-refractivity contribution in [2.45, 2.75) is 0 Å². The van der Waals surface area contributed by atoms with Crippen molar-refractivity contribution >= 4 is 38.9 Å². The van der Waals surface area contributed by atoms with E-state index in [1.807, 2.05) is 0 Å². The van der Waals surface area contributed by atoms with Gasteiger partial charge in [-0.15, -0.1) is 11.3 Å². The maximum atomic E-state index is 13.4. The van der Waals surface area contributed by atoms with Crippen molar-refractivity contribution < 1.29 is 14.3 Å². The van der Waals surface area contributed by atoms with E-state index in [4.69, 9.17) is 0 Å². The van der Waals surface area contributed by atoms with Crippen LogP contribution in [0.3, 0.4) is 0 Å². The highest BCUT2D eigenvalue weighted by Gasteiger charge is 2.15. The van der Waals surface area contributed by atoms with Gasteiger partial charge in [-0.3, -0.25) is 4.79 Å². The average Bonchev–Trinajstić information content (AvgIpc) is 2.70. The average molecular weight is 316 g/mol. The summed E-state index contributed by atoms with van der Waals surface area (Å²) in [5.74, 6) is -1.44. The second kappa shape index (κ2) is 4.85. The Morgan fingerprint density at radius 3 is 2.76 bits per heavy atom. The van der Waals surface area contributed by atoms with Crippen LogP contribution in [0.5, 0.6) is 5.75 Å². The summed E-state index contributed by atoms with van der Waals surface area (Å²) in [7, 11) is 0. The Bertz CT molecular complexity index is 550. The quantitative estimate of drug-likeness (QED) is 0.832. The number of para-hydroxylation sites is 1. The molecule has 0 spiro atoms. The lowest BCUT2D eigenvalue weighted by Crippen LogP contribution is -2.12. The molecule has 0 saturated carbocycles. The summed E-state index contributed by atoms with van der Waals surface area (Å²) < 4.78 is 14.0. The Balaban J connectivity index is 2.28. The highest BCUT2D eigenvalue weighted by atomic mass is 79.9. The number of anilines is 1. The van der Waals surface area contributed by atoms with E-state index in [0.717, 1.165) is 0 Å². The lowest BCUT2D eigenvalue weighted by Gasteiger charge is -2.07. The van der Waals surface area contributed by atoms with Crippen LogP contribution in [0.2, 0.25) is 0 Å². The van der Waals surface area contributed by atoms with Crippen LogP contribution in [-0.2, 0) is 0 Å². The minimum Gasteiger partial charge on any atom is -0.506 e. The molecule has 1 amide bonds. The molecule has 2 aromatic rings. The maximum Gasteiger partial charge on any atom is 0.267 e. The fourth-order valence-corrected chi connectivity index (χ4v) is 2.71. The first-order valence-electron chi connectivity index (χ1n) is 4.61. The van der Waals surface area contributed by atoms with E-state index in [0.29, 0.717) is 9.35 Å². The van der Waals surface area contributed by atoms with Crippen LogP contribution in [0.15, 0.2) is 34.1 Å². The number of phenolic OH excluding ortho intramolecular Hbond substituents is 1. The number of aromatic hydroxyl groups is 1. The number of hydrogen-bond donors (Lipinski definition) is 2. The molecule has 0 aliphatic carbocycles. The molecule has 17 heavy (non-hydrogen) atoms. The molecule has 0 unspecified atom stereocenters. The van der Waals surface area contributed by atoms with Gasteiger partial charge < -0.3 is 10.4 Å². The summed E-state index contributed by atoms with van der Waals surface area (Å²) >= 11 is 4.44. The van der Waals surface area contributed by atoms with E-state index >= 15 is 0 Å². The zero-order chi connectivity index (χ0) is 12.4. The maximum absolute atomic E-state index is 13.4. The van der Waals surface area contributed by atoms with Gasteiger partial charge >= 0.3 is 0 Å². The standard InChI is InChI=1S/C11H7BrFNO2S/c12-6-4-5-17-10(6)11(16)14-9-7(13)2-1-3-8(9)15/h1-5,15H,(H,14,16). The van der Waals surface area contributed by atoms with Crippen molar-refractivity contribution in [2.24, 2.45) is 0 Å². The number of carbonyl (C=O) groups is 1. The third-order valence-electron chi connectivity index (χ3n) is 2.05. The molecule has 0 aliphatic heterocycles. The number of hydrogen-bond acceptors (Lipinski definition) is 3. The summed E-state index contributed by atoms with van der Waals surface area (Å²) in [5, 5.41) is 13.5. The molecule has 0 atom stereocenters. The largest absolute Gasteiger partial charge is 0.506 e. The summed E-state index contributed by atoms with van der Waals surface area (Å²) in [6.07, 6.45) is 0. The highest BCUT2D eigenvalue weighted by Crippen LogP contribution is 2.28. The van der Waals surface area contributed by atoms with Crippen molar-refractivity contribution in [1.29, 1.82) is 0 Å². The van der Waals surface area contributed by atoms with Crippen molar-refractivity contribution in [3.05, 3.63) is 44.8 Å². The first-order chi connectivity index (χ1) is 8.09. The summed E-state index contributed by atoms with van der Waals surface area (Å²) in [5.41, 5.74) is -0.210. The van der Waals surface area contributed by atoms with Crippen LogP contribution in [0.4, 0.5) is 10.1 Å². The topological polar surface area (TPSA) is 49.3 Å². The van der Waals surface area contributed by atoms with Gasteiger partial charge in [-0.2, -0.15) is 0 Å². The number of nitrogens with one attached hydrogen (secondary N) is 1. The predicted octanol–water partition coefficient (Wildman–Crippen LogP) is 3.61. The van der Waals surface area contributed by atoms with Crippen LogP contribution in [0.25, 0.3) is 0 Å². The fourth-order valence-electron chi connectivity index (χ4n) is 1.26. The molecule has 0 saturated heterocycles. The lowest BCUT2D eigenvalue weighted by molar-refractivity contribution is 0.102. The van der Waals surface area contributed by atoms with Gasteiger partial charge in [0.2, 0.25) is 0 Å². The zero-order valence-electron chi connectivity index (χ0n) is 8.41. The Morgan fingerprint density at radius 1 is 1.41 bits per heavy atom. The number of thiophene rings is 1. The molecule has 3 nitrogen and oxygen atoms in total. The Morgan fingerprint density at radius 2 is 2.18 bits per heavy atom. The molecule has 0 aliphatic rings. The number of halogens is 2. The van der Waals surface area contributed by atoms with Crippen molar-refractivity contribution in [2.75, 3.05) is 5.32 Å². The van der Waals surface area contributed by atoms with E-state index in [1.165, 1.54) is 29.5 Å². The molecule has 0 fully saturated rings. The molecular weight excluding hydrogens is 309 g/mol. The van der Waals surface area contributed by atoms with Crippen molar-refractivity contribution in [3.8, 4) is 5.75 Å². The van der Waals surface area contributed by atoms with Crippen LogP contribution in [-0.4, -0.2) is 11.0 Å². The smallest absolute Gasteiger partial charge is 0.267 e. The highest BCUT2D eigenvalue weighted by molar-refractivity contribution is 9.10. The van der Waals surface area contributed by atoms with Gasteiger partial charge in [-0.1, -0.05) is 6.07 Å². The molecule has 0 radical (unpaired) electrons. The number of benzene rings is 1. The number of phenols is 1. The predicted molar refractivity (Wildman–Crippen MR) is 68.0 cm³/mol. The molecule has 88 valence electrons. The van der Waals surface area contributed by atoms with Gasteiger partial charge in [0.15, 0.2) is 5.82 Å². The summed E-state index contributed by atoms with van der Waals surface area (Å²) in [6, 6.07) is 5.56. The second-order valence-corrected chi connectivity index (χ2v) is 4.96. The van der Waals surface area contributed by atoms with Crippen molar-refractivity contribution in [1.82, 2.24) is 0 Å². The minimum atomic E-state index is -0.675. The molecule has 1 aromatic carbocycles. The Labute approximate surface area is 109 Å². The fraction of sp³-hybridized carbons (Fsp3) is 0. The van der Waals surface area contributed by atoms with Gasteiger partial charge in [-0.05, 0) is 39.5 Å². The lowest BCUT2D eigenvalue weighted by atomic mass is 10.2. The minimum absolute atomic E-state index is 0.210. The summed E-state index contributed by atoms with van der Waals surface area (Å²) in [4.78, 5) is 12.2. The molecule has 1 heterocycles. The van der Waals surface area contributed by atoms with Crippen LogP contribution in [0, 0.1) is 5.82 Å². The van der Waals surface area contributed by atoms with Crippen LogP contribution < -0.4 is 5.32 Å². The number of amides is 1. The molecular formula is C11H7BrFNO2S. The molecule has 2 rings (SSSR count). The Kier molecular flexibility index (Phi) is 3.44. The van der Waals surface area contributed by atoms with Gasteiger partial charge in [0.25, 0.3) is 5.91 Å². The first kappa shape index (κ1) is 12.1. The first-order valence-corrected chi connectivity index (χ1v) is 6.28. The Hall–Kier alpha value is -1.40. The molecule has 1 aromatic heterocycles. The van der Waals surface area contributed by atoms with E-state index in [-0.39, 0.29) is 11.4 Å². The van der Waals surface area contributed by atoms with Gasteiger partial charge in [0, 0.05) is 4.47 Å². The molecule has 6 heteroatoms. The van der Waals surface area contributed by atoms with Gasteiger partial charge in [0.1, 0.15) is 16.3 Å². The third kappa shape index (κ3) is 2.48. The normalized spacial score (nSPS) is 10.2. The summed E-state index contributed by atoms with van der Waals surface area (Å²) in [6.45, 7) is 0. The van der Waals surface area contributed by atoms with Crippen LogP contribution >= 0.6 is 27.3 Å². The third-order valence-corrected chi connectivity index (χ3v) is 3.89. The SMILES string of the molecule is O=C(Nc1c(O)cccc1F)c1sccc1Br. The van der Waals surface area contributed by atoms with Crippen molar-refractivity contribution in [3.63, 3.8) is 0 Å². The van der Waals surface area contributed by atoms with E-state index in [2.05, 4.69) is 21.2 Å². The number of carbonyl (C=O) groups excluding carboxylic acids is 1. The van der Waals surface area contributed by atoms with Gasteiger partial charge in [0.05, 0.1) is 0 Å². The number of rotatable bonds is 2. The zero-order valence-corrected chi connectivity index (χ0v) is 10.8. The van der Waals surface area contributed by atoms with E-state index < -0.39 is 11.7 Å². The van der Waals surface area contributed by atoms with Crippen LogP contribution in [0.1, 0.15) is 9.67 Å². The van der Waals surface area contributed by atoms with Gasteiger partial charge in [-0.25, -0.2) is 4.39 Å². The van der Waals surface area contributed by atoms with E-state index in [9.17, 15) is 14.3 Å². The second-order valence-electron chi connectivity index (χ2n) is 3.19. The monoisotopic (exact) mass is 315 g/mol.